The zero-order valence-corrected chi connectivity index (χ0v) is 14.1. The van der Waals surface area contributed by atoms with Crippen molar-refractivity contribution in [2.75, 3.05) is 25.9 Å². The highest BCUT2D eigenvalue weighted by molar-refractivity contribution is 5.78. The highest BCUT2D eigenvalue weighted by Gasteiger charge is 2.06. The molecule has 23 heavy (non-hydrogen) atoms. The van der Waals surface area contributed by atoms with Gasteiger partial charge in [0, 0.05) is 26.0 Å². The molecule has 124 valence electrons. The molecule has 0 saturated carbocycles. The van der Waals surface area contributed by atoms with E-state index in [1.807, 2.05) is 13.1 Å². The molecule has 6 nitrogen and oxygen atoms in total. The van der Waals surface area contributed by atoms with Gasteiger partial charge in [0.25, 0.3) is 0 Å². The Balaban J connectivity index is 0.000000257. The average molecular weight is 314 g/mol. The van der Waals surface area contributed by atoms with E-state index in [9.17, 15) is 0 Å². The first kappa shape index (κ1) is 18.6. The van der Waals surface area contributed by atoms with Crippen molar-refractivity contribution in [2.24, 2.45) is 5.10 Å². The van der Waals surface area contributed by atoms with Crippen molar-refractivity contribution in [3.05, 3.63) is 42.1 Å². The van der Waals surface area contributed by atoms with Crippen LogP contribution in [0.5, 0.6) is 0 Å². The van der Waals surface area contributed by atoms with Crippen LogP contribution in [-0.4, -0.2) is 42.2 Å². The van der Waals surface area contributed by atoms with Gasteiger partial charge < -0.3 is 11.1 Å². The molecule has 0 atom stereocenters. The Bertz CT molecular complexity index is 603. The minimum atomic E-state index is 0.410. The molecule has 2 rings (SSSR count). The number of nitrogen functional groups attached to an aromatic ring is 1. The van der Waals surface area contributed by atoms with Crippen LogP contribution < -0.4 is 11.1 Å². The number of rotatable bonds is 3. The average Bonchev–Trinajstić information content (AvgIpc) is 2.56. The van der Waals surface area contributed by atoms with Crippen LogP contribution in [0.1, 0.15) is 24.5 Å². The van der Waals surface area contributed by atoms with E-state index in [0.717, 1.165) is 25.1 Å². The summed E-state index contributed by atoms with van der Waals surface area (Å²) in [5.74, 6) is 1.04. The van der Waals surface area contributed by atoms with E-state index < -0.39 is 0 Å². The molecule has 0 aromatic carbocycles. The van der Waals surface area contributed by atoms with Crippen LogP contribution in [0.4, 0.5) is 5.82 Å². The molecule has 1 aromatic heterocycles. The summed E-state index contributed by atoms with van der Waals surface area (Å²) in [6, 6.07) is 2.11. The van der Waals surface area contributed by atoms with Crippen LogP contribution in [-0.2, 0) is 0 Å². The summed E-state index contributed by atoms with van der Waals surface area (Å²) in [7, 11) is 1.71. The van der Waals surface area contributed by atoms with Crippen molar-refractivity contribution in [3.63, 3.8) is 0 Å². The third-order valence-corrected chi connectivity index (χ3v) is 3.38. The van der Waals surface area contributed by atoms with Crippen molar-refractivity contribution in [1.29, 1.82) is 5.41 Å². The van der Waals surface area contributed by atoms with Gasteiger partial charge in [-0.25, -0.2) is 4.98 Å². The second-order valence-electron chi connectivity index (χ2n) is 5.22. The zero-order valence-electron chi connectivity index (χ0n) is 14.1. The van der Waals surface area contributed by atoms with Gasteiger partial charge in [-0.3, -0.25) is 10.4 Å². The Labute approximate surface area is 138 Å². The summed E-state index contributed by atoms with van der Waals surface area (Å²) in [6.07, 6.45) is 8.26. The number of nitrogens with one attached hydrogen (secondary N) is 2. The number of hydrogen-bond donors (Lipinski definition) is 3. The molecule has 2 heterocycles. The lowest BCUT2D eigenvalue weighted by atomic mass is 10.0. The number of allylic oxidation sites excluding steroid dienone is 1. The molecule has 0 radical (unpaired) electrons. The number of nitrogens with zero attached hydrogens (tertiary/aromatic N) is 3. The quantitative estimate of drug-likeness (QED) is 0.454. The van der Waals surface area contributed by atoms with Crippen molar-refractivity contribution in [3.8, 4) is 0 Å². The molecule has 4 N–H and O–H groups in total. The Hall–Kier alpha value is -2.47. The monoisotopic (exact) mass is 314 g/mol. The van der Waals surface area contributed by atoms with Gasteiger partial charge in [0.1, 0.15) is 11.7 Å². The lowest BCUT2D eigenvalue weighted by Gasteiger charge is -2.14. The Morgan fingerprint density at radius 2 is 2.30 bits per heavy atom. The summed E-state index contributed by atoms with van der Waals surface area (Å²) >= 11 is 0. The van der Waals surface area contributed by atoms with Crippen LogP contribution in [0.25, 0.3) is 5.57 Å². The predicted octanol–water partition coefficient (Wildman–Crippen LogP) is 2.44. The van der Waals surface area contributed by atoms with E-state index in [1.165, 1.54) is 22.4 Å². The Morgan fingerprint density at radius 1 is 1.57 bits per heavy atom. The van der Waals surface area contributed by atoms with Crippen LogP contribution in [0.2, 0.25) is 0 Å². The van der Waals surface area contributed by atoms with Gasteiger partial charge in [-0.2, -0.15) is 5.10 Å². The van der Waals surface area contributed by atoms with Gasteiger partial charge in [0.15, 0.2) is 0 Å². The summed E-state index contributed by atoms with van der Waals surface area (Å²) in [6.45, 7) is 9.11. The van der Waals surface area contributed by atoms with E-state index in [4.69, 9.17) is 11.1 Å². The predicted molar refractivity (Wildman–Crippen MR) is 98.7 cm³/mol. The molecule has 0 bridgehead atoms. The number of pyridine rings is 1. The molecule has 0 amide bonds. The summed E-state index contributed by atoms with van der Waals surface area (Å²) in [4.78, 5) is 4.17. The number of anilines is 1. The van der Waals surface area contributed by atoms with Crippen molar-refractivity contribution < 1.29 is 0 Å². The Morgan fingerprint density at radius 3 is 2.83 bits per heavy atom. The molecule has 6 heteroatoms. The molecular formula is C17H26N6. The SMILES string of the molecule is C=C/C=N\N(C)C(C)=N.Cc1cc(C2=CCNCC2)cnc1N. The molecule has 0 spiro atoms. The van der Waals surface area contributed by atoms with E-state index in [-0.39, 0.29) is 0 Å². The maximum atomic E-state index is 7.06. The van der Waals surface area contributed by atoms with Gasteiger partial charge in [0.2, 0.25) is 0 Å². The highest BCUT2D eigenvalue weighted by atomic mass is 15.4. The topological polar surface area (TPSA) is 90.4 Å². The fourth-order valence-electron chi connectivity index (χ4n) is 1.88. The first-order valence-electron chi connectivity index (χ1n) is 7.51. The van der Waals surface area contributed by atoms with E-state index in [1.54, 1.807) is 20.0 Å². The molecular weight excluding hydrogens is 288 g/mol. The number of aryl methyl sites for hydroxylation is 1. The third kappa shape index (κ3) is 6.44. The molecule has 0 unspecified atom stereocenters. The zero-order chi connectivity index (χ0) is 17.2. The fraction of sp³-hybridized carbons (Fsp3) is 0.353. The molecule has 0 fully saturated rings. The second-order valence-corrected chi connectivity index (χ2v) is 5.22. The number of amidine groups is 1. The Kier molecular flexibility index (Phi) is 7.70. The number of hydrogen-bond acceptors (Lipinski definition) is 5. The van der Waals surface area contributed by atoms with Gasteiger partial charge in [-0.1, -0.05) is 12.7 Å². The molecule has 0 aliphatic carbocycles. The maximum Gasteiger partial charge on any atom is 0.126 e. The maximum absolute atomic E-state index is 7.06. The standard InChI is InChI=1S/C11H15N3.C6H11N3/c1-8-6-10(7-14-11(8)12)9-2-4-13-5-3-9;1-4-5-8-9(3)6(2)7/h2,6-7,13H,3-5H2,1H3,(H2,12,14);4-5,7H,1H2,2-3H3/b;7-6?,8-5-. The van der Waals surface area contributed by atoms with Crippen LogP contribution >= 0.6 is 0 Å². The molecule has 1 aliphatic rings. The van der Waals surface area contributed by atoms with Crippen LogP contribution in [0.15, 0.2) is 36.1 Å². The van der Waals surface area contributed by atoms with Crippen molar-refractivity contribution >= 4 is 23.4 Å². The highest BCUT2D eigenvalue weighted by Crippen LogP contribution is 2.21. The number of nitrogens with two attached hydrogens (primary N) is 1. The minimum absolute atomic E-state index is 0.410. The lowest BCUT2D eigenvalue weighted by molar-refractivity contribution is 0.540. The minimum Gasteiger partial charge on any atom is -0.383 e. The van der Waals surface area contributed by atoms with E-state index >= 15 is 0 Å². The lowest BCUT2D eigenvalue weighted by Crippen LogP contribution is -2.20. The summed E-state index contributed by atoms with van der Waals surface area (Å²) in [5, 5.41) is 15.6. The normalized spacial score (nSPS) is 13.8. The van der Waals surface area contributed by atoms with Crippen molar-refractivity contribution in [1.82, 2.24) is 15.3 Å². The first-order chi connectivity index (χ1) is 11.0. The van der Waals surface area contributed by atoms with Gasteiger partial charge in [-0.15, -0.1) is 0 Å². The van der Waals surface area contributed by atoms with Crippen LogP contribution in [0, 0.1) is 12.3 Å². The first-order valence-corrected chi connectivity index (χ1v) is 7.51. The molecule has 0 saturated heterocycles. The number of hydrazone groups is 1. The van der Waals surface area contributed by atoms with E-state index in [0.29, 0.717) is 11.7 Å². The van der Waals surface area contributed by atoms with Gasteiger partial charge in [-0.05, 0) is 55.7 Å². The fourth-order valence-corrected chi connectivity index (χ4v) is 1.88. The third-order valence-electron chi connectivity index (χ3n) is 3.38. The number of aromatic nitrogens is 1. The van der Waals surface area contributed by atoms with E-state index in [2.05, 4.69) is 34.1 Å². The molecule has 1 aliphatic heterocycles. The van der Waals surface area contributed by atoms with Gasteiger partial charge >= 0.3 is 0 Å². The second kappa shape index (κ2) is 9.53. The summed E-state index contributed by atoms with van der Waals surface area (Å²) in [5.41, 5.74) is 9.31. The molecule has 1 aromatic rings. The van der Waals surface area contributed by atoms with Crippen LogP contribution in [0.3, 0.4) is 0 Å². The largest absolute Gasteiger partial charge is 0.383 e. The van der Waals surface area contributed by atoms with Gasteiger partial charge in [0.05, 0.1) is 0 Å². The smallest absolute Gasteiger partial charge is 0.126 e. The van der Waals surface area contributed by atoms with Crippen molar-refractivity contribution in [2.45, 2.75) is 20.3 Å². The summed E-state index contributed by atoms with van der Waals surface area (Å²) < 4.78 is 0.